The number of nitrogens with zero attached hydrogens (tertiary/aromatic N) is 2. The summed E-state index contributed by atoms with van der Waals surface area (Å²) in [5.41, 5.74) is 4.38. The van der Waals surface area contributed by atoms with Crippen LogP contribution in [0, 0.1) is 5.92 Å². The van der Waals surface area contributed by atoms with Crippen LogP contribution >= 0.6 is 0 Å². The first kappa shape index (κ1) is 26.5. The van der Waals surface area contributed by atoms with Gasteiger partial charge in [0, 0.05) is 61.8 Å². The van der Waals surface area contributed by atoms with E-state index in [4.69, 9.17) is 4.74 Å². The van der Waals surface area contributed by atoms with Crippen molar-refractivity contribution in [3.63, 3.8) is 0 Å². The Hall–Kier alpha value is -2.52. The Morgan fingerprint density at radius 2 is 2.00 bits per heavy atom. The van der Waals surface area contributed by atoms with Gasteiger partial charge in [0.1, 0.15) is 0 Å². The van der Waals surface area contributed by atoms with Crippen molar-refractivity contribution in [2.75, 3.05) is 33.4 Å². The maximum Gasteiger partial charge on any atom is 0.255 e. The Morgan fingerprint density at radius 1 is 1.25 bits per heavy atom. The number of nitrogens with one attached hydrogen (secondary N) is 1. The second kappa shape index (κ2) is 11.7. The second-order valence-corrected chi connectivity index (χ2v) is 10.1. The van der Waals surface area contributed by atoms with Gasteiger partial charge in [-0.1, -0.05) is 0 Å². The topological polar surface area (TPSA) is 83.8 Å². The van der Waals surface area contributed by atoms with Crippen LogP contribution in [0.1, 0.15) is 66.1 Å². The summed E-state index contributed by atoms with van der Waals surface area (Å²) < 4.78 is 32.5. The van der Waals surface area contributed by atoms with E-state index in [1.165, 1.54) is 22.6 Å². The fraction of sp³-hybridized carbons (Fsp3) is 0.630. The second-order valence-electron chi connectivity index (χ2n) is 10.1. The summed E-state index contributed by atoms with van der Waals surface area (Å²) in [5, 5.41) is 13.1. The number of carbonyl (C=O) groups excluding carboxylic acids is 2. The molecule has 2 amide bonds. The smallest absolute Gasteiger partial charge is 0.255 e. The molecule has 0 saturated carbocycles. The van der Waals surface area contributed by atoms with Gasteiger partial charge in [-0.25, -0.2) is 8.78 Å². The minimum atomic E-state index is -2.61. The summed E-state index contributed by atoms with van der Waals surface area (Å²) in [7, 11) is 3.72. The maximum atomic E-state index is 13.3. The van der Waals surface area contributed by atoms with Gasteiger partial charge in [0.05, 0.1) is 19.2 Å². The largest absolute Gasteiger partial charge is 0.394 e. The first-order valence-corrected chi connectivity index (χ1v) is 12.9. The van der Waals surface area contributed by atoms with E-state index in [1.807, 2.05) is 18.2 Å². The molecule has 2 atom stereocenters. The zero-order valence-corrected chi connectivity index (χ0v) is 21.1. The molecule has 36 heavy (non-hydrogen) atoms. The van der Waals surface area contributed by atoms with Gasteiger partial charge in [0.2, 0.25) is 5.91 Å². The van der Waals surface area contributed by atoms with Gasteiger partial charge in [0.15, 0.2) is 0 Å². The lowest BCUT2D eigenvalue weighted by atomic mass is 9.75. The minimum absolute atomic E-state index is 0.0472. The summed E-state index contributed by atoms with van der Waals surface area (Å²) in [6, 6.07) is 5.19. The fourth-order valence-corrected chi connectivity index (χ4v) is 5.98. The Balaban J connectivity index is 1.52. The van der Waals surface area contributed by atoms with Crippen molar-refractivity contribution in [2.24, 2.45) is 13.0 Å². The van der Waals surface area contributed by atoms with Crippen LogP contribution in [-0.2, 0) is 23.0 Å². The van der Waals surface area contributed by atoms with Gasteiger partial charge in [-0.15, -0.1) is 0 Å². The number of alkyl halides is 2. The van der Waals surface area contributed by atoms with E-state index in [-0.39, 0.29) is 25.4 Å². The molecule has 1 saturated heterocycles. The fourth-order valence-electron chi connectivity index (χ4n) is 5.98. The molecule has 1 aromatic carbocycles. The van der Waals surface area contributed by atoms with E-state index in [2.05, 4.69) is 16.9 Å². The Bertz CT molecular complexity index is 1080. The molecule has 1 aromatic heterocycles. The third-order valence-corrected chi connectivity index (χ3v) is 7.97. The lowest BCUT2D eigenvalue weighted by Gasteiger charge is -2.34. The quantitative estimate of drug-likeness (QED) is 0.545. The number of hydrogen-bond donors (Lipinski definition) is 2. The number of aliphatic hydroxyl groups excluding tert-OH is 1. The standard InChI is InChI=1S/C27H37F2N3O4/c1-31(19(16-33)7-9-25(34)30-15-24(28)29)27(35)18-6-8-23-22(14-18)21-5-3-4-20(26(21)32(23)2)17-10-12-36-13-11-17/h6,8,14,17,19-20,24,33H,3-5,7,9-13,15-16H2,1-2H3,(H,30,34)/t19-,20+/m0/s1. The number of carbonyl (C=O) groups is 2. The Labute approximate surface area is 210 Å². The third kappa shape index (κ3) is 5.57. The predicted molar refractivity (Wildman–Crippen MR) is 133 cm³/mol. The number of aromatic nitrogens is 1. The molecular formula is C27H37F2N3O4. The molecule has 2 heterocycles. The highest BCUT2D eigenvalue weighted by atomic mass is 19.3. The van der Waals surface area contributed by atoms with Crippen LogP contribution in [0.25, 0.3) is 10.9 Å². The SMILES string of the molecule is CN(C(=O)c1ccc2c(c1)c1c(n2C)[C@@H](C2CCOCC2)CCC1)[C@H](CO)CCC(=O)NCC(F)F. The van der Waals surface area contributed by atoms with E-state index < -0.39 is 24.9 Å². The summed E-state index contributed by atoms with van der Waals surface area (Å²) in [5.74, 6) is 0.368. The molecule has 0 bridgehead atoms. The lowest BCUT2D eigenvalue weighted by molar-refractivity contribution is -0.122. The number of aryl methyl sites for hydroxylation is 2. The monoisotopic (exact) mass is 505 g/mol. The Kier molecular flexibility index (Phi) is 8.62. The summed E-state index contributed by atoms with van der Waals surface area (Å²) in [6.07, 6.45) is 3.00. The van der Waals surface area contributed by atoms with Crippen molar-refractivity contribution in [1.29, 1.82) is 0 Å². The maximum absolute atomic E-state index is 13.3. The predicted octanol–water partition coefficient (Wildman–Crippen LogP) is 3.62. The molecule has 0 unspecified atom stereocenters. The van der Waals surface area contributed by atoms with E-state index in [0.717, 1.165) is 49.8 Å². The molecule has 0 spiro atoms. The molecule has 2 aromatic rings. The number of ether oxygens (including phenoxy) is 1. The highest BCUT2D eigenvalue weighted by molar-refractivity contribution is 5.99. The van der Waals surface area contributed by atoms with E-state index >= 15 is 0 Å². The number of benzene rings is 1. The normalized spacial score (nSPS) is 19.3. The number of aliphatic hydroxyl groups is 1. The number of fused-ring (bicyclic) bond motifs is 3. The van der Waals surface area contributed by atoms with Gasteiger partial charge in [-0.3, -0.25) is 9.59 Å². The summed E-state index contributed by atoms with van der Waals surface area (Å²) in [4.78, 5) is 26.6. The molecule has 1 fully saturated rings. The Morgan fingerprint density at radius 3 is 2.69 bits per heavy atom. The summed E-state index contributed by atoms with van der Waals surface area (Å²) in [6.45, 7) is 0.630. The number of rotatable bonds is 9. The lowest BCUT2D eigenvalue weighted by Crippen LogP contribution is -2.40. The van der Waals surface area contributed by atoms with E-state index in [9.17, 15) is 23.5 Å². The van der Waals surface area contributed by atoms with Crippen molar-refractivity contribution in [2.45, 2.75) is 63.3 Å². The molecule has 9 heteroatoms. The molecule has 1 aliphatic heterocycles. The molecule has 4 rings (SSSR count). The van der Waals surface area contributed by atoms with Crippen molar-refractivity contribution in [3.05, 3.63) is 35.0 Å². The highest BCUT2D eigenvalue weighted by Gasteiger charge is 2.33. The van der Waals surface area contributed by atoms with Gasteiger partial charge >= 0.3 is 0 Å². The minimum Gasteiger partial charge on any atom is -0.394 e. The molecule has 2 aliphatic rings. The first-order chi connectivity index (χ1) is 17.3. The van der Waals surface area contributed by atoms with Crippen molar-refractivity contribution >= 4 is 22.7 Å². The number of halogens is 2. The van der Waals surface area contributed by atoms with Gasteiger partial charge < -0.3 is 24.6 Å². The van der Waals surface area contributed by atoms with Gasteiger partial charge in [0.25, 0.3) is 12.3 Å². The molecule has 1 aliphatic carbocycles. The van der Waals surface area contributed by atoms with Crippen molar-refractivity contribution in [1.82, 2.24) is 14.8 Å². The third-order valence-electron chi connectivity index (χ3n) is 7.97. The summed E-state index contributed by atoms with van der Waals surface area (Å²) >= 11 is 0. The number of likely N-dealkylation sites (N-methyl/N-ethyl adjacent to an activating group) is 1. The van der Waals surface area contributed by atoms with Crippen LogP contribution in [0.5, 0.6) is 0 Å². The highest BCUT2D eigenvalue weighted by Crippen LogP contribution is 2.44. The van der Waals surface area contributed by atoms with Crippen molar-refractivity contribution in [3.8, 4) is 0 Å². The first-order valence-electron chi connectivity index (χ1n) is 12.9. The number of hydrogen-bond acceptors (Lipinski definition) is 4. The van der Waals surface area contributed by atoms with Crippen LogP contribution in [0.2, 0.25) is 0 Å². The average molecular weight is 506 g/mol. The van der Waals surface area contributed by atoms with Crippen LogP contribution in [-0.4, -0.2) is 72.3 Å². The molecule has 198 valence electrons. The zero-order chi connectivity index (χ0) is 25.8. The average Bonchev–Trinajstić information content (AvgIpc) is 3.19. The zero-order valence-electron chi connectivity index (χ0n) is 21.1. The molecule has 0 radical (unpaired) electrons. The molecular weight excluding hydrogens is 468 g/mol. The molecule has 2 N–H and O–H groups in total. The van der Waals surface area contributed by atoms with Crippen LogP contribution in [0.15, 0.2) is 18.2 Å². The van der Waals surface area contributed by atoms with Crippen molar-refractivity contribution < 1.29 is 28.2 Å². The van der Waals surface area contributed by atoms with Crippen LogP contribution < -0.4 is 5.32 Å². The number of amides is 2. The van der Waals surface area contributed by atoms with E-state index in [1.54, 1.807) is 7.05 Å². The van der Waals surface area contributed by atoms with Crippen LogP contribution in [0.3, 0.4) is 0 Å². The van der Waals surface area contributed by atoms with Gasteiger partial charge in [-0.05, 0) is 68.2 Å². The molecule has 7 nitrogen and oxygen atoms in total. The van der Waals surface area contributed by atoms with Gasteiger partial charge in [-0.2, -0.15) is 0 Å². The van der Waals surface area contributed by atoms with Crippen LogP contribution in [0.4, 0.5) is 8.78 Å². The van der Waals surface area contributed by atoms with E-state index in [0.29, 0.717) is 17.4 Å².